The van der Waals surface area contributed by atoms with Crippen molar-refractivity contribution >= 4 is 47.1 Å². The third-order valence-corrected chi connectivity index (χ3v) is 6.90. The van der Waals surface area contributed by atoms with E-state index in [2.05, 4.69) is 34.3 Å². The van der Waals surface area contributed by atoms with Crippen LogP contribution >= 0.6 is 30.9 Å². The lowest BCUT2D eigenvalue weighted by molar-refractivity contribution is 0.184. The molecule has 0 bridgehead atoms. The van der Waals surface area contributed by atoms with Crippen LogP contribution in [0.3, 0.4) is 0 Å². The molecule has 3 aromatic rings. The van der Waals surface area contributed by atoms with Gasteiger partial charge >= 0.3 is 7.82 Å². The molecule has 1 unspecified atom stereocenters. The molecule has 168 valence electrons. The van der Waals surface area contributed by atoms with E-state index < -0.39 is 7.82 Å². The summed E-state index contributed by atoms with van der Waals surface area (Å²) in [5.74, 6) is 0.906. The van der Waals surface area contributed by atoms with Gasteiger partial charge in [0, 0.05) is 5.25 Å². The predicted molar refractivity (Wildman–Crippen MR) is 126 cm³/mol. The van der Waals surface area contributed by atoms with Crippen molar-refractivity contribution in [2.24, 2.45) is 5.92 Å². The van der Waals surface area contributed by atoms with Crippen LogP contribution in [0.1, 0.15) is 43.0 Å². The number of hydrogen-bond donors (Lipinski definition) is 3. The van der Waals surface area contributed by atoms with E-state index in [0.717, 1.165) is 9.71 Å². The lowest BCUT2D eigenvalue weighted by atomic mass is 10.0. The number of nitrogens with one attached hydrogen (secondary N) is 1. The molecular weight excluding hydrogens is 455 g/mol. The molecule has 1 aromatic carbocycles. The highest BCUT2D eigenvalue weighted by molar-refractivity contribution is 7.99. The van der Waals surface area contributed by atoms with E-state index in [4.69, 9.17) is 19.3 Å². The molecule has 3 N–H and O–H groups in total. The quantitative estimate of drug-likeness (QED) is 0.204. The number of aryl methyl sites for hydroxylation is 1. The number of aromatic nitrogens is 3. The highest BCUT2D eigenvalue weighted by atomic mass is 32.2. The highest BCUT2D eigenvalue weighted by Gasteiger charge is 2.22. The second kappa shape index (κ2) is 10.4. The van der Waals surface area contributed by atoms with Gasteiger partial charge in [-0.1, -0.05) is 55.9 Å². The number of thiazole rings is 1. The fourth-order valence-electron chi connectivity index (χ4n) is 3.13. The molecular formula is C20H27N4O4PS2. The molecule has 0 amide bonds. The van der Waals surface area contributed by atoms with Gasteiger partial charge in [-0.2, -0.15) is 0 Å². The van der Waals surface area contributed by atoms with Gasteiger partial charge in [-0.3, -0.25) is 4.52 Å². The molecule has 0 saturated heterocycles. The van der Waals surface area contributed by atoms with Crippen molar-refractivity contribution in [3.63, 3.8) is 0 Å². The van der Waals surface area contributed by atoms with Crippen LogP contribution in [-0.2, 0) is 9.09 Å². The number of thioether (sulfide) groups is 1. The molecule has 0 fully saturated rings. The summed E-state index contributed by atoms with van der Waals surface area (Å²) >= 11 is 3.03. The lowest BCUT2D eigenvalue weighted by Crippen LogP contribution is -2.27. The predicted octanol–water partition coefficient (Wildman–Crippen LogP) is 5.18. The molecule has 0 radical (unpaired) electrons. The van der Waals surface area contributed by atoms with Crippen molar-refractivity contribution < 1.29 is 18.9 Å². The Hall–Kier alpha value is -1.55. The second-order valence-electron chi connectivity index (χ2n) is 7.67. The zero-order valence-corrected chi connectivity index (χ0v) is 20.4. The minimum atomic E-state index is -4.56. The van der Waals surface area contributed by atoms with E-state index in [1.165, 1.54) is 16.9 Å². The zero-order valence-electron chi connectivity index (χ0n) is 17.8. The minimum absolute atomic E-state index is 0.130. The number of anilines is 1. The molecule has 0 spiro atoms. The largest absolute Gasteiger partial charge is 0.469 e. The fourth-order valence-corrected chi connectivity index (χ4v) is 5.21. The van der Waals surface area contributed by atoms with Crippen molar-refractivity contribution in [2.75, 3.05) is 11.9 Å². The minimum Gasteiger partial charge on any atom is -0.364 e. The van der Waals surface area contributed by atoms with Crippen LogP contribution in [0.4, 0.5) is 5.82 Å². The summed E-state index contributed by atoms with van der Waals surface area (Å²) in [4.78, 5) is 32.1. The Balaban J connectivity index is 1.89. The molecule has 0 aliphatic rings. The first-order chi connectivity index (χ1) is 14.6. The highest BCUT2D eigenvalue weighted by Crippen LogP contribution is 2.38. The maximum absolute atomic E-state index is 11.2. The number of benzene rings is 1. The summed E-state index contributed by atoms with van der Waals surface area (Å²) in [6, 6.07) is 9.81. The van der Waals surface area contributed by atoms with Crippen LogP contribution in [0.5, 0.6) is 0 Å². The van der Waals surface area contributed by atoms with Gasteiger partial charge < -0.3 is 15.1 Å². The first kappa shape index (κ1) is 24.1. The van der Waals surface area contributed by atoms with Crippen LogP contribution in [0.15, 0.2) is 35.5 Å². The molecule has 0 saturated carbocycles. The van der Waals surface area contributed by atoms with Crippen molar-refractivity contribution in [3.05, 3.63) is 40.9 Å². The summed E-state index contributed by atoms with van der Waals surface area (Å²) in [5, 5.41) is 4.95. The van der Waals surface area contributed by atoms with Gasteiger partial charge in [0.25, 0.3) is 0 Å². The molecule has 0 aliphatic carbocycles. The van der Waals surface area contributed by atoms with Gasteiger partial charge in [0.05, 0.1) is 17.7 Å². The monoisotopic (exact) mass is 482 g/mol. The SMILES string of the molecule is Cc1nc2nc(S[C@@H](C)c3ccccc3)nc(NC(COP(=O)(O)O)CC(C)C)c2s1. The van der Waals surface area contributed by atoms with Gasteiger partial charge in [-0.25, -0.2) is 19.5 Å². The molecule has 11 heteroatoms. The van der Waals surface area contributed by atoms with Gasteiger partial charge in [-0.05, 0) is 31.7 Å². The van der Waals surface area contributed by atoms with E-state index >= 15 is 0 Å². The molecule has 31 heavy (non-hydrogen) atoms. The zero-order chi connectivity index (χ0) is 22.6. The van der Waals surface area contributed by atoms with Crippen molar-refractivity contribution in [1.29, 1.82) is 0 Å². The molecule has 0 aliphatic heterocycles. The van der Waals surface area contributed by atoms with Crippen LogP contribution < -0.4 is 5.32 Å². The number of fused-ring (bicyclic) bond motifs is 1. The third-order valence-electron chi connectivity index (χ3n) is 4.43. The Labute approximate surface area is 190 Å². The van der Waals surface area contributed by atoms with Crippen molar-refractivity contribution in [3.8, 4) is 0 Å². The van der Waals surface area contributed by atoms with Crippen molar-refractivity contribution in [1.82, 2.24) is 15.0 Å². The fraction of sp³-hybridized carbons (Fsp3) is 0.450. The first-order valence-electron chi connectivity index (χ1n) is 9.94. The van der Waals surface area contributed by atoms with Crippen LogP contribution in [0.25, 0.3) is 10.3 Å². The Morgan fingerprint density at radius 2 is 1.87 bits per heavy atom. The number of rotatable bonds is 10. The first-order valence-corrected chi connectivity index (χ1v) is 13.2. The number of nitrogens with zero attached hydrogens (tertiary/aromatic N) is 3. The average molecular weight is 483 g/mol. The molecule has 2 aromatic heterocycles. The third kappa shape index (κ3) is 7.24. The Bertz CT molecular complexity index is 1060. The lowest BCUT2D eigenvalue weighted by Gasteiger charge is -2.22. The Morgan fingerprint density at radius 1 is 1.16 bits per heavy atom. The Morgan fingerprint density at radius 3 is 2.52 bits per heavy atom. The van der Waals surface area contributed by atoms with Gasteiger partial charge in [0.1, 0.15) is 4.70 Å². The van der Waals surface area contributed by atoms with E-state index in [-0.39, 0.29) is 17.9 Å². The number of phosphoric ester groups is 1. The van der Waals surface area contributed by atoms with E-state index in [9.17, 15) is 4.57 Å². The van der Waals surface area contributed by atoms with Crippen LogP contribution in [-0.4, -0.2) is 37.4 Å². The van der Waals surface area contributed by atoms with Gasteiger partial charge in [0.2, 0.25) is 0 Å². The van der Waals surface area contributed by atoms with E-state index in [0.29, 0.717) is 29.0 Å². The Kier molecular flexibility index (Phi) is 8.07. The summed E-state index contributed by atoms with van der Waals surface area (Å²) in [6.45, 7) is 7.97. The average Bonchev–Trinajstić information content (AvgIpc) is 3.06. The molecule has 2 atom stereocenters. The van der Waals surface area contributed by atoms with Gasteiger partial charge in [-0.15, -0.1) is 11.3 Å². The van der Waals surface area contributed by atoms with Crippen molar-refractivity contribution in [2.45, 2.75) is 50.6 Å². The maximum atomic E-state index is 11.2. The standard InChI is InChI=1S/C20H27N4O4PS2/c1-12(2)10-16(11-28-29(25,26)27)22-19-17-18(21-14(4)31-17)23-20(24-19)30-13(3)15-8-6-5-7-9-15/h5-9,12-13,16H,10-11H2,1-4H3,(H,22,23,24)(H2,25,26,27)/t13-,16?/m0/s1. The topological polar surface area (TPSA) is 117 Å². The number of phosphoric acid groups is 1. The summed E-state index contributed by atoms with van der Waals surface area (Å²) in [7, 11) is -4.56. The van der Waals surface area contributed by atoms with Crippen LogP contribution in [0.2, 0.25) is 0 Å². The van der Waals surface area contributed by atoms with Crippen LogP contribution in [0, 0.1) is 12.8 Å². The summed E-state index contributed by atoms with van der Waals surface area (Å²) < 4.78 is 16.8. The van der Waals surface area contributed by atoms with E-state index in [1.807, 2.05) is 39.0 Å². The maximum Gasteiger partial charge on any atom is 0.469 e. The van der Waals surface area contributed by atoms with Gasteiger partial charge in [0.15, 0.2) is 16.6 Å². The molecule has 8 nitrogen and oxygen atoms in total. The smallest absolute Gasteiger partial charge is 0.364 e. The summed E-state index contributed by atoms with van der Waals surface area (Å²) in [5.41, 5.74) is 1.79. The second-order valence-corrected chi connectivity index (χ2v) is 11.4. The number of hydrogen-bond acceptors (Lipinski definition) is 8. The normalized spacial score (nSPS) is 14.2. The van der Waals surface area contributed by atoms with E-state index in [1.54, 1.807) is 11.8 Å². The summed E-state index contributed by atoms with van der Waals surface area (Å²) in [6.07, 6.45) is 0.659. The molecule has 2 heterocycles. The molecule has 3 rings (SSSR count).